The molecule has 1 aliphatic rings. The minimum Gasteiger partial charge on any atom is -0.494 e. The third-order valence-electron chi connectivity index (χ3n) is 7.59. The van der Waals surface area contributed by atoms with E-state index in [0.717, 1.165) is 11.6 Å². The van der Waals surface area contributed by atoms with Crippen LogP contribution in [-0.4, -0.2) is 34.7 Å². The minimum absolute atomic E-state index is 0.112. The maximum Gasteiger partial charge on any atom is 0.248 e. The predicted octanol–water partition coefficient (Wildman–Crippen LogP) is 6.37. The normalized spacial score (nSPS) is 13.5. The molecule has 0 aliphatic heterocycles. The van der Waals surface area contributed by atoms with Crippen molar-refractivity contribution in [3.8, 4) is 34.6 Å². The number of carbonyl (C=O) groups excluding carboxylic acids is 1. The van der Waals surface area contributed by atoms with Crippen molar-refractivity contribution >= 4 is 11.6 Å². The number of hydrogen-bond donors (Lipinski definition) is 1. The molecule has 6 rings (SSSR count). The zero-order valence-corrected chi connectivity index (χ0v) is 23.6. The molecule has 1 saturated carbocycles. The maximum absolute atomic E-state index is 14.9. The lowest BCUT2D eigenvalue weighted by molar-refractivity contribution is 0.0999. The summed E-state index contributed by atoms with van der Waals surface area (Å²) in [6, 6.07) is 11.2. The maximum atomic E-state index is 14.9. The Balaban J connectivity index is 1.49. The second-order valence-corrected chi connectivity index (χ2v) is 10.2. The molecule has 5 aromatic rings. The molecule has 226 valence electrons. The van der Waals surface area contributed by atoms with E-state index in [0.29, 0.717) is 29.7 Å². The number of imidazole rings is 1. The number of rotatable bonds is 9. The number of benzene rings is 3. The van der Waals surface area contributed by atoms with Crippen molar-refractivity contribution < 1.29 is 41.3 Å². The quantitative estimate of drug-likeness (QED) is 0.194. The Hall–Kier alpha value is -5.33. The topological polar surface area (TPSA) is 110 Å². The van der Waals surface area contributed by atoms with Gasteiger partial charge in [-0.25, -0.2) is 9.50 Å². The first-order chi connectivity index (χ1) is 21.1. The Bertz CT molecular complexity index is 1960. The van der Waals surface area contributed by atoms with Gasteiger partial charge in [-0.15, -0.1) is 5.10 Å². The van der Waals surface area contributed by atoms with Gasteiger partial charge in [0, 0.05) is 17.0 Å². The van der Waals surface area contributed by atoms with Crippen LogP contribution in [0.5, 0.6) is 34.6 Å². The molecule has 0 radical (unpaired) electrons. The highest BCUT2D eigenvalue weighted by Crippen LogP contribution is 2.54. The minimum atomic E-state index is -1.33. The Morgan fingerprint density at radius 3 is 1.93 bits per heavy atom. The fourth-order valence-electron chi connectivity index (χ4n) is 5.16. The van der Waals surface area contributed by atoms with Crippen molar-refractivity contribution in [1.29, 1.82) is 0 Å². The van der Waals surface area contributed by atoms with Gasteiger partial charge < -0.3 is 24.7 Å². The average Bonchev–Trinajstić information content (AvgIpc) is 3.70. The molecule has 0 unspecified atom stereocenters. The molecule has 9 nitrogen and oxygen atoms in total. The summed E-state index contributed by atoms with van der Waals surface area (Å²) in [5, 5.41) is 4.48. The number of aromatic nitrogens is 3. The second-order valence-electron chi connectivity index (χ2n) is 10.2. The first kappa shape index (κ1) is 28.8. The molecule has 2 heterocycles. The number of nitrogens with zero attached hydrogens (tertiary/aromatic N) is 3. The van der Waals surface area contributed by atoms with Crippen molar-refractivity contribution in [3.05, 3.63) is 100 Å². The smallest absolute Gasteiger partial charge is 0.248 e. The number of halogens is 4. The Kier molecular flexibility index (Phi) is 7.02. The van der Waals surface area contributed by atoms with E-state index >= 15 is 0 Å². The molecule has 2 aromatic heterocycles. The van der Waals surface area contributed by atoms with Crippen LogP contribution < -0.4 is 24.7 Å². The van der Waals surface area contributed by atoms with E-state index in [-0.39, 0.29) is 28.8 Å². The number of carbonyl (C=O) groups is 1. The lowest BCUT2D eigenvalue weighted by Gasteiger charge is -2.18. The molecule has 0 bridgehead atoms. The zero-order chi connectivity index (χ0) is 31.3. The summed E-state index contributed by atoms with van der Waals surface area (Å²) >= 11 is 0. The summed E-state index contributed by atoms with van der Waals surface area (Å²) < 4.78 is 81.1. The largest absolute Gasteiger partial charge is 0.494 e. The summed E-state index contributed by atoms with van der Waals surface area (Å²) in [7, 11) is 2.38. The molecule has 3 aromatic carbocycles. The number of amides is 1. The summed E-state index contributed by atoms with van der Waals surface area (Å²) in [5.74, 6) is -7.77. The van der Waals surface area contributed by atoms with Crippen LogP contribution in [-0.2, 0) is 5.41 Å². The summed E-state index contributed by atoms with van der Waals surface area (Å²) in [4.78, 5) is 16.3. The van der Waals surface area contributed by atoms with Gasteiger partial charge in [0.1, 0.15) is 0 Å². The lowest BCUT2D eigenvalue weighted by atomic mass is 9.90. The van der Waals surface area contributed by atoms with E-state index in [9.17, 15) is 22.4 Å². The highest BCUT2D eigenvalue weighted by molar-refractivity contribution is 5.94. The first-order valence-electron chi connectivity index (χ1n) is 13.3. The summed E-state index contributed by atoms with van der Waals surface area (Å²) in [6.45, 7) is 1.77. The van der Waals surface area contributed by atoms with Gasteiger partial charge in [-0.1, -0.05) is 12.1 Å². The van der Waals surface area contributed by atoms with Gasteiger partial charge in [-0.2, -0.15) is 17.6 Å². The molecular weight excluding hydrogens is 584 g/mol. The van der Waals surface area contributed by atoms with E-state index in [2.05, 4.69) is 10.1 Å². The van der Waals surface area contributed by atoms with E-state index in [1.807, 2.05) is 6.07 Å². The number of primary amides is 1. The van der Waals surface area contributed by atoms with Crippen molar-refractivity contribution in [3.63, 3.8) is 0 Å². The number of nitrogens with two attached hydrogens (primary N) is 1. The summed E-state index contributed by atoms with van der Waals surface area (Å²) in [5.41, 5.74) is 7.53. The summed E-state index contributed by atoms with van der Waals surface area (Å²) in [6.07, 6.45) is 2.94. The standard InChI is InChI=1S/C31H24F4N4O5/c1-15-12-16(4-5-17(15)29(36)40)31(10-11-31)23-14-37-30-22(43-20-8-6-18(41-2)25(32)27(20)34)13-24(38-39(23)30)44-21-9-7-19(42-3)26(33)28(21)35/h4-9,12-14H,10-11H2,1-3H3,(H2,36,40). The lowest BCUT2D eigenvalue weighted by Crippen LogP contribution is -2.16. The van der Waals surface area contributed by atoms with Gasteiger partial charge in [0.05, 0.1) is 26.1 Å². The second kappa shape index (κ2) is 10.7. The van der Waals surface area contributed by atoms with Gasteiger partial charge in [0.15, 0.2) is 34.4 Å². The number of methoxy groups -OCH3 is 2. The Labute approximate surface area is 247 Å². The van der Waals surface area contributed by atoms with Crippen LogP contribution in [0, 0.1) is 30.2 Å². The molecule has 0 atom stereocenters. The van der Waals surface area contributed by atoms with Gasteiger partial charge in [0.25, 0.3) is 0 Å². The highest BCUT2D eigenvalue weighted by atomic mass is 19.2. The third kappa shape index (κ3) is 4.70. The van der Waals surface area contributed by atoms with Crippen LogP contribution in [0.3, 0.4) is 0 Å². The fraction of sp³-hybridized carbons (Fsp3) is 0.194. The number of aryl methyl sites for hydroxylation is 1. The molecule has 2 N–H and O–H groups in total. The molecular formula is C31H24F4N4O5. The zero-order valence-electron chi connectivity index (χ0n) is 23.6. The molecule has 1 fully saturated rings. The van der Waals surface area contributed by atoms with Crippen LogP contribution in [0.4, 0.5) is 17.6 Å². The van der Waals surface area contributed by atoms with Crippen LogP contribution in [0.1, 0.15) is 40.0 Å². The molecule has 13 heteroatoms. The van der Waals surface area contributed by atoms with Crippen LogP contribution in [0.25, 0.3) is 5.65 Å². The number of fused-ring (bicyclic) bond motifs is 1. The van der Waals surface area contributed by atoms with Crippen LogP contribution in [0.15, 0.2) is 54.7 Å². The number of hydrogen-bond acceptors (Lipinski definition) is 7. The van der Waals surface area contributed by atoms with Crippen molar-refractivity contribution in [2.24, 2.45) is 5.73 Å². The van der Waals surface area contributed by atoms with Gasteiger partial charge in [0.2, 0.25) is 35.1 Å². The van der Waals surface area contributed by atoms with Crippen LogP contribution in [0.2, 0.25) is 0 Å². The monoisotopic (exact) mass is 608 g/mol. The van der Waals surface area contributed by atoms with E-state index < -0.39 is 46.1 Å². The molecule has 1 aliphatic carbocycles. The van der Waals surface area contributed by atoms with Crippen molar-refractivity contribution in [2.75, 3.05) is 14.2 Å². The average molecular weight is 609 g/mol. The molecule has 1 amide bonds. The first-order valence-corrected chi connectivity index (χ1v) is 13.3. The van der Waals surface area contributed by atoms with E-state index in [1.54, 1.807) is 25.3 Å². The van der Waals surface area contributed by atoms with E-state index in [4.69, 9.17) is 24.7 Å². The fourth-order valence-corrected chi connectivity index (χ4v) is 5.16. The Morgan fingerprint density at radius 1 is 0.818 bits per heavy atom. The highest BCUT2D eigenvalue weighted by Gasteiger charge is 2.49. The van der Waals surface area contributed by atoms with Gasteiger partial charge in [-0.05, 0) is 61.2 Å². The van der Waals surface area contributed by atoms with Crippen LogP contribution >= 0.6 is 0 Å². The SMILES string of the molecule is COc1ccc(Oc2cc(Oc3ccc(OC)c(F)c3F)c3ncc(C4(c5ccc(C(N)=O)c(C)c5)CC4)n3n2)c(F)c1F. The van der Waals surface area contributed by atoms with Crippen molar-refractivity contribution in [2.45, 2.75) is 25.2 Å². The number of ether oxygens (including phenoxy) is 4. The third-order valence-corrected chi connectivity index (χ3v) is 7.59. The predicted molar refractivity (Wildman–Crippen MR) is 149 cm³/mol. The molecule has 0 saturated heterocycles. The van der Waals surface area contributed by atoms with Crippen molar-refractivity contribution in [1.82, 2.24) is 14.6 Å². The van der Waals surface area contributed by atoms with E-state index in [1.165, 1.54) is 43.0 Å². The Morgan fingerprint density at radius 2 is 1.39 bits per heavy atom. The van der Waals surface area contributed by atoms with Gasteiger partial charge in [-0.3, -0.25) is 4.79 Å². The molecule has 44 heavy (non-hydrogen) atoms. The molecule has 0 spiro atoms. The van der Waals surface area contributed by atoms with Gasteiger partial charge >= 0.3 is 0 Å².